The van der Waals surface area contributed by atoms with Gasteiger partial charge >= 0.3 is 6.03 Å². The molecule has 3 amide bonds. The lowest BCUT2D eigenvalue weighted by Gasteiger charge is -2.26. The summed E-state index contributed by atoms with van der Waals surface area (Å²) >= 11 is 12.1. The van der Waals surface area contributed by atoms with Gasteiger partial charge < -0.3 is 27.0 Å². The van der Waals surface area contributed by atoms with Crippen molar-refractivity contribution in [2.24, 2.45) is 5.73 Å². The molecule has 7 nitrogen and oxygen atoms in total. The molecule has 0 aromatic heterocycles. The lowest BCUT2D eigenvalue weighted by Crippen LogP contribution is -2.52. The van der Waals surface area contributed by atoms with E-state index in [1.165, 1.54) is 0 Å². The van der Waals surface area contributed by atoms with Crippen LogP contribution >= 0.6 is 23.2 Å². The SMILES string of the molecule is NCCCC[C@H](N[C@H](CNC(=O)Nc1ccc(Cl)cc1Cl)Cc1ccccc1)C(=O)NCc1ccccc1. The highest BCUT2D eigenvalue weighted by molar-refractivity contribution is 6.36. The second kappa shape index (κ2) is 16.0. The van der Waals surface area contributed by atoms with Crippen LogP contribution in [-0.4, -0.2) is 37.1 Å². The standard InChI is InChI=1S/C29H35Cl2N5O2/c30-23-14-15-26(25(31)18-23)36-29(38)34-20-24(17-21-9-3-1-4-10-21)35-27(13-7-8-16-32)28(37)33-19-22-11-5-2-6-12-22/h1-6,9-12,14-15,18,24,27,35H,7-8,13,16-17,19-20,32H2,(H,33,37)(H2,34,36,38)/t24-,27-/m0/s1. The molecule has 0 saturated heterocycles. The molecule has 2 atom stereocenters. The van der Waals surface area contributed by atoms with Crippen molar-refractivity contribution in [1.82, 2.24) is 16.0 Å². The predicted octanol–water partition coefficient (Wildman–Crippen LogP) is 5.13. The van der Waals surface area contributed by atoms with Crippen molar-refractivity contribution in [1.29, 1.82) is 0 Å². The molecule has 0 fully saturated rings. The van der Waals surface area contributed by atoms with Crippen LogP contribution in [0, 0.1) is 0 Å². The van der Waals surface area contributed by atoms with Gasteiger partial charge in [0.1, 0.15) is 0 Å². The predicted molar refractivity (Wildman–Crippen MR) is 156 cm³/mol. The monoisotopic (exact) mass is 555 g/mol. The summed E-state index contributed by atoms with van der Waals surface area (Å²) in [6, 6.07) is 23.6. The second-order valence-electron chi connectivity index (χ2n) is 9.05. The number of anilines is 1. The first kappa shape index (κ1) is 29.5. The van der Waals surface area contributed by atoms with Crippen LogP contribution in [0.25, 0.3) is 0 Å². The third-order valence-electron chi connectivity index (χ3n) is 6.02. The third-order valence-corrected chi connectivity index (χ3v) is 6.57. The molecule has 0 heterocycles. The first-order chi connectivity index (χ1) is 18.4. The van der Waals surface area contributed by atoms with Gasteiger partial charge in [-0.15, -0.1) is 0 Å². The largest absolute Gasteiger partial charge is 0.351 e. The Hall–Kier alpha value is -3.10. The molecule has 0 aliphatic rings. The maximum atomic E-state index is 13.2. The van der Waals surface area contributed by atoms with Crippen LogP contribution in [0.2, 0.25) is 10.0 Å². The Kier molecular flexibility index (Phi) is 12.4. The quantitative estimate of drug-likeness (QED) is 0.178. The van der Waals surface area contributed by atoms with Gasteiger partial charge in [0.25, 0.3) is 0 Å². The van der Waals surface area contributed by atoms with Gasteiger partial charge in [-0.25, -0.2) is 4.79 Å². The van der Waals surface area contributed by atoms with E-state index in [-0.39, 0.29) is 11.9 Å². The minimum absolute atomic E-state index is 0.0821. The van der Waals surface area contributed by atoms with Gasteiger partial charge in [-0.1, -0.05) is 90.3 Å². The molecule has 3 aromatic rings. The molecule has 202 valence electrons. The summed E-state index contributed by atoms with van der Waals surface area (Å²) in [5.41, 5.74) is 8.28. The van der Waals surface area contributed by atoms with Gasteiger partial charge in [0, 0.05) is 24.2 Å². The van der Waals surface area contributed by atoms with E-state index in [9.17, 15) is 9.59 Å². The third kappa shape index (κ3) is 10.3. The van der Waals surface area contributed by atoms with Gasteiger partial charge in [-0.3, -0.25) is 4.79 Å². The van der Waals surface area contributed by atoms with Crippen LogP contribution in [-0.2, 0) is 17.8 Å². The van der Waals surface area contributed by atoms with Gasteiger partial charge in [0.05, 0.1) is 16.8 Å². The number of hydrogen-bond donors (Lipinski definition) is 5. The van der Waals surface area contributed by atoms with Crippen molar-refractivity contribution in [3.63, 3.8) is 0 Å². The van der Waals surface area contributed by atoms with Crippen molar-refractivity contribution in [3.8, 4) is 0 Å². The molecule has 0 bridgehead atoms. The maximum absolute atomic E-state index is 13.2. The van der Waals surface area contributed by atoms with E-state index in [1.54, 1.807) is 18.2 Å². The maximum Gasteiger partial charge on any atom is 0.319 e. The number of rotatable bonds is 14. The number of urea groups is 1. The number of amides is 3. The van der Waals surface area contributed by atoms with Gasteiger partial charge in [0.15, 0.2) is 0 Å². The van der Waals surface area contributed by atoms with E-state index in [0.717, 1.165) is 24.0 Å². The Bertz CT molecular complexity index is 1150. The average molecular weight is 557 g/mol. The van der Waals surface area contributed by atoms with Crippen molar-refractivity contribution < 1.29 is 9.59 Å². The molecule has 3 rings (SSSR count). The zero-order valence-corrected chi connectivity index (χ0v) is 22.8. The van der Waals surface area contributed by atoms with Crippen LogP contribution in [0.3, 0.4) is 0 Å². The summed E-state index contributed by atoms with van der Waals surface area (Å²) in [4.78, 5) is 25.9. The highest BCUT2D eigenvalue weighted by Gasteiger charge is 2.23. The minimum Gasteiger partial charge on any atom is -0.351 e. The molecule has 9 heteroatoms. The first-order valence-electron chi connectivity index (χ1n) is 12.8. The lowest BCUT2D eigenvalue weighted by atomic mass is 10.0. The fourth-order valence-corrected chi connectivity index (χ4v) is 4.49. The number of carbonyl (C=O) groups excluding carboxylic acids is 2. The smallest absolute Gasteiger partial charge is 0.319 e. The van der Waals surface area contributed by atoms with E-state index < -0.39 is 12.1 Å². The van der Waals surface area contributed by atoms with Crippen molar-refractivity contribution in [2.45, 2.75) is 44.3 Å². The Balaban J connectivity index is 1.67. The van der Waals surface area contributed by atoms with Crippen LogP contribution in [0.15, 0.2) is 78.9 Å². The summed E-state index contributed by atoms with van der Waals surface area (Å²) in [6.07, 6.45) is 2.90. The number of benzene rings is 3. The Morgan fingerprint density at radius 1 is 0.842 bits per heavy atom. The highest BCUT2D eigenvalue weighted by Crippen LogP contribution is 2.25. The van der Waals surface area contributed by atoms with E-state index in [1.807, 2.05) is 60.7 Å². The number of halogens is 2. The van der Waals surface area contributed by atoms with E-state index in [4.69, 9.17) is 28.9 Å². The van der Waals surface area contributed by atoms with E-state index >= 15 is 0 Å². The Morgan fingerprint density at radius 2 is 1.53 bits per heavy atom. The normalized spacial score (nSPS) is 12.4. The Labute approximate surface area is 234 Å². The lowest BCUT2D eigenvalue weighted by molar-refractivity contribution is -0.123. The second-order valence-corrected chi connectivity index (χ2v) is 9.90. The average Bonchev–Trinajstić information content (AvgIpc) is 2.92. The molecular weight excluding hydrogens is 521 g/mol. The van der Waals surface area contributed by atoms with Crippen molar-refractivity contribution >= 4 is 40.8 Å². The number of unbranched alkanes of at least 4 members (excludes halogenated alkanes) is 1. The fraction of sp³-hybridized carbons (Fsp3) is 0.310. The number of hydrogen-bond acceptors (Lipinski definition) is 4. The van der Waals surface area contributed by atoms with E-state index in [0.29, 0.717) is 48.2 Å². The molecule has 38 heavy (non-hydrogen) atoms. The fourth-order valence-electron chi connectivity index (χ4n) is 4.04. The molecular formula is C29H35Cl2N5O2. The molecule has 0 unspecified atom stereocenters. The molecule has 0 saturated carbocycles. The molecule has 0 spiro atoms. The zero-order valence-electron chi connectivity index (χ0n) is 21.3. The topological polar surface area (TPSA) is 108 Å². The molecule has 0 radical (unpaired) electrons. The Morgan fingerprint density at radius 3 is 2.18 bits per heavy atom. The van der Waals surface area contributed by atoms with Crippen LogP contribution in [0.1, 0.15) is 30.4 Å². The molecule has 0 aliphatic heterocycles. The summed E-state index contributed by atoms with van der Waals surface area (Å²) in [5.74, 6) is -0.0821. The van der Waals surface area contributed by atoms with Gasteiger partial charge in [-0.2, -0.15) is 0 Å². The van der Waals surface area contributed by atoms with Crippen molar-refractivity contribution in [3.05, 3.63) is 100 Å². The number of nitrogens with two attached hydrogens (primary N) is 1. The first-order valence-corrected chi connectivity index (χ1v) is 13.5. The van der Waals surface area contributed by atoms with Gasteiger partial charge in [-0.05, 0) is 55.1 Å². The summed E-state index contributed by atoms with van der Waals surface area (Å²) in [6.45, 7) is 1.31. The van der Waals surface area contributed by atoms with E-state index in [2.05, 4.69) is 21.3 Å². The number of carbonyl (C=O) groups is 2. The summed E-state index contributed by atoms with van der Waals surface area (Å²) in [7, 11) is 0. The van der Waals surface area contributed by atoms with Gasteiger partial charge in [0.2, 0.25) is 5.91 Å². The van der Waals surface area contributed by atoms with Crippen LogP contribution in [0.4, 0.5) is 10.5 Å². The van der Waals surface area contributed by atoms with Crippen molar-refractivity contribution in [2.75, 3.05) is 18.4 Å². The zero-order chi connectivity index (χ0) is 27.2. The number of nitrogens with one attached hydrogen (secondary N) is 4. The highest BCUT2D eigenvalue weighted by atomic mass is 35.5. The molecule has 6 N–H and O–H groups in total. The van der Waals surface area contributed by atoms with Crippen LogP contribution < -0.4 is 27.0 Å². The summed E-state index contributed by atoms with van der Waals surface area (Å²) < 4.78 is 0. The molecule has 3 aromatic carbocycles. The molecule has 0 aliphatic carbocycles. The summed E-state index contributed by atoms with van der Waals surface area (Å²) in [5, 5.41) is 13.0. The van der Waals surface area contributed by atoms with Crippen LogP contribution in [0.5, 0.6) is 0 Å². The minimum atomic E-state index is -0.436.